The fourth-order valence-electron chi connectivity index (χ4n) is 3.25. The van der Waals surface area contributed by atoms with E-state index in [1.807, 2.05) is 6.92 Å². The van der Waals surface area contributed by atoms with E-state index in [2.05, 4.69) is 15.3 Å². The molecule has 1 fully saturated rings. The van der Waals surface area contributed by atoms with Gasteiger partial charge >= 0.3 is 6.01 Å². The first kappa shape index (κ1) is 12.7. The minimum atomic E-state index is -3.09. The average molecular weight is 419 g/mol. The van der Waals surface area contributed by atoms with Gasteiger partial charge in [-0.15, -0.1) is 0 Å². The SMILES string of the molecule is [2H]C1([2H])N(Cc2cccc(CN3CC(=O)Nc4c(N)nc(OCCCC)nc43)c2)C([2H])([2H])C([2H])([2H])C1([2H])[2H]. The van der Waals surface area contributed by atoms with Gasteiger partial charge in [-0.1, -0.05) is 37.6 Å². The third-order valence-electron chi connectivity index (χ3n) is 4.67. The van der Waals surface area contributed by atoms with E-state index in [-0.39, 0.29) is 43.1 Å². The van der Waals surface area contributed by atoms with Crippen LogP contribution >= 0.6 is 0 Å². The van der Waals surface area contributed by atoms with Crippen LogP contribution in [0.3, 0.4) is 0 Å². The largest absolute Gasteiger partial charge is 0.463 e. The lowest BCUT2D eigenvalue weighted by Crippen LogP contribution is -2.39. The predicted octanol–water partition coefficient (Wildman–Crippen LogP) is 2.79. The second-order valence-electron chi connectivity index (χ2n) is 7.08. The normalized spacial score (nSPS) is 27.1. The van der Waals surface area contributed by atoms with Crippen molar-refractivity contribution in [2.24, 2.45) is 0 Å². The van der Waals surface area contributed by atoms with Crippen molar-refractivity contribution < 1.29 is 20.5 Å². The zero-order chi connectivity index (χ0) is 28.1. The Labute approximate surface area is 188 Å². The fraction of sp³-hybridized carbons (Fsp3) is 0.500. The van der Waals surface area contributed by atoms with Crippen LogP contribution in [0.1, 0.15) is 54.6 Å². The lowest BCUT2D eigenvalue weighted by atomic mass is 10.1. The number of carbonyl (C=O) groups excluding carboxylic acids is 1. The molecule has 1 saturated heterocycles. The highest BCUT2D eigenvalue weighted by Crippen LogP contribution is 2.34. The molecule has 1 aromatic heterocycles. The number of aromatic nitrogens is 2. The maximum absolute atomic E-state index is 12.4. The van der Waals surface area contributed by atoms with Gasteiger partial charge in [-0.3, -0.25) is 9.69 Å². The van der Waals surface area contributed by atoms with E-state index < -0.39 is 25.7 Å². The molecule has 0 atom stereocenters. The minimum Gasteiger partial charge on any atom is -0.463 e. The Balaban J connectivity index is 1.60. The van der Waals surface area contributed by atoms with Crippen LogP contribution in [0.4, 0.5) is 17.3 Å². The van der Waals surface area contributed by atoms with Gasteiger partial charge in [0.1, 0.15) is 5.69 Å². The highest BCUT2D eigenvalue weighted by molar-refractivity contribution is 6.03. The molecule has 0 radical (unpaired) electrons. The number of carbonyl (C=O) groups is 1. The molecule has 1 aromatic carbocycles. The van der Waals surface area contributed by atoms with E-state index in [0.717, 1.165) is 12.8 Å². The number of benzene rings is 1. The van der Waals surface area contributed by atoms with Crippen LogP contribution in [0.15, 0.2) is 24.3 Å². The summed E-state index contributed by atoms with van der Waals surface area (Å²) in [7, 11) is 0. The van der Waals surface area contributed by atoms with Gasteiger partial charge < -0.3 is 20.7 Å². The van der Waals surface area contributed by atoms with Crippen LogP contribution in [0.25, 0.3) is 0 Å². The summed E-state index contributed by atoms with van der Waals surface area (Å²) in [5, 5.41) is 2.68. The van der Waals surface area contributed by atoms with Crippen LogP contribution in [0.5, 0.6) is 6.01 Å². The molecule has 0 spiro atoms. The summed E-state index contributed by atoms with van der Waals surface area (Å²) in [5.74, 6) is 0.129. The summed E-state index contributed by atoms with van der Waals surface area (Å²) < 4.78 is 70.4. The molecule has 4 rings (SSSR count). The van der Waals surface area contributed by atoms with Crippen molar-refractivity contribution >= 4 is 23.2 Å². The molecule has 8 nitrogen and oxygen atoms in total. The number of unbranched alkanes of at least 4 members (excludes halogenated alkanes) is 1. The first-order valence-electron chi connectivity index (χ1n) is 13.8. The maximum Gasteiger partial charge on any atom is 0.320 e. The van der Waals surface area contributed by atoms with E-state index in [1.54, 1.807) is 29.2 Å². The summed E-state index contributed by atoms with van der Waals surface area (Å²) in [6, 6.07) is 6.82. The van der Waals surface area contributed by atoms with Crippen molar-refractivity contribution in [2.75, 3.05) is 42.1 Å². The molecule has 2 aliphatic rings. The summed E-state index contributed by atoms with van der Waals surface area (Å²) in [6.45, 7) is -3.61. The Bertz CT molecular complexity index is 1200. The number of ether oxygens (including phenoxy) is 1. The van der Waals surface area contributed by atoms with E-state index in [0.29, 0.717) is 28.5 Å². The molecular formula is C22H30N6O2. The molecular weight excluding hydrogens is 380 g/mol. The molecule has 2 aliphatic heterocycles. The number of nitrogens with one attached hydrogen (secondary N) is 1. The van der Waals surface area contributed by atoms with Crippen LogP contribution in [0.2, 0.25) is 0 Å². The third kappa shape index (κ3) is 4.81. The second-order valence-corrected chi connectivity index (χ2v) is 7.08. The molecule has 160 valence electrons. The molecule has 2 aromatic rings. The Morgan fingerprint density at radius 3 is 2.77 bits per heavy atom. The average Bonchev–Trinajstić information content (AvgIpc) is 2.89. The molecule has 8 heteroatoms. The lowest BCUT2D eigenvalue weighted by Gasteiger charge is -2.30. The second kappa shape index (κ2) is 9.30. The summed E-state index contributed by atoms with van der Waals surface area (Å²) in [6.07, 6.45) is -4.46. The summed E-state index contributed by atoms with van der Waals surface area (Å²) >= 11 is 0. The van der Waals surface area contributed by atoms with E-state index in [9.17, 15) is 4.79 Å². The number of likely N-dealkylation sites (tertiary alicyclic amines) is 1. The minimum absolute atomic E-state index is 0.0281. The quantitative estimate of drug-likeness (QED) is 0.636. The summed E-state index contributed by atoms with van der Waals surface area (Å²) in [5.41, 5.74) is 7.45. The molecule has 3 heterocycles. The van der Waals surface area contributed by atoms with Crippen molar-refractivity contribution in [1.29, 1.82) is 0 Å². The number of anilines is 3. The predicted molar refractivity (Wildman–Crippen MR) is 117 cm³/mol. The van der Waals surface area contributed by atoms with Crippen molar-refractivity contribution in [3.8, 4) is 6.01 Å². The number of fused-ring (bicyclic) bond motifs is 1. The van der Waals surface area contributed by atoms with Crippen LogP contribution < -0.4 is 20.7 Å². The molecule has 3 N–H and O–H groups in total. The molecule has 1 amide bonds. The number of nitrogens with two attached hydrogens (primary N) is 1. The van der Waals surface area contributed by atoms with Crippen LogP contribution in [0, 0.1) is 0 Å². The van der Waals surface area contributed by atoms with Gasteiger partial charge in [0.15, 0.2) is 11.6 Å². The van der Waals surface area contributed by atoms with E-state index >= 15 is 0 Å². The van der Waals surface area contributed by atoms with E-state index in [1.165, 1.54) is 0 Å². The number of nitrogen functional groups attached to an aromatic ring is 1. The van der Waals surface area contributed by atoms with Crippen molar-refractivity contribution in [2.45, 2.75) is 45.6 Å². The zero-order valence-corrected chi connectivity index (χ0v) is 16.7. The topological polar surface area (TPSA) is 96.6 Å². The monoisotopic (exact) mass is 418 g/mol. The summed E-state index contributed by atoms with van der Waals surface area (Å²) in [4.78, 5) is 23.2. The third-order valence-corrected chi connectivity index (χ3v) is 4.67. The van der Waals surface area contributed by atoms with Gasteiger partial charge in [-0.25, -0.2) is 0 Å². The molecule has 30 heavy (non-hydrogen) atoms. The number of hydrogen-bond acceptors (Lipinski definition) is 7. The number of hydrogen-bond donors (Lipinski definition) is 2. The first-order chi connectivity index (χ1) is 17.6. The Hall–Kier alpha value is -2.87. The lowest BCUT2D eigenvalue weighted by molar-refractivity contribution is -0.115. The highest BCUT2D eigenvalue weighted by Gasteiger charge is 2.27. The van der Waals surface area contributed by atoms with Crippen LogP contribution in [-0.2, 0) is 17.9 Å². The van der Waals surface area contributed by atoms with Gasteiger partial charge in [0, 0.05) is 24.1 Å². The van der Waals surface area contributed by atoms with Crippen LogP contribution in [-0.4, -0.2) is 46.9 Å². The Morgan fingerprint density at radius 2 is 2.00 bits per heavy atom. The molecule has 0 aliphatic carbocycles. The fourth-order valence-corrected chi connectivity index (χ4v) is 3.25. The maximum atomic E-state index is 12.4. The zero-order valence-electron chi connectivity index (χ0n) is 24.7. The van der Waals surface area contributed by atoms with Gasteiger partial charge in [0.2, 0.25) is 5.91 Å². The van der Waals surface area contributed by atoms with E-state index in [4.69, 9.17) is 21.4 Å². The van der Waals surface area contributed by atoms with Crippen molar-refractivity contribution in [3.63, 3.8) is 0 Å². The Kier molecular flexibility index (Phi) is 3.95. The van der Waals surface area contributed by atoms with Gasteiger partial charge in [0.25, 0.3) is 0 Å². The first-order valence-corrected chi connectivity index (χ1v) is 9.84. The number of amides is 1. The van der Waals surface area contributed by atoms with Gasteiger partial charge in [-0.2, -0.15) is 9.97 Å². The Morgan fingerprint density at radius 1 is 1.23 bits per heavy atom. The van der Waals surface area contributed by atoms with Gasteiger partial charge in [0.05, 0.1) is 13.2 Å². The smallest absolute Gasteiger partial charge is 0.320 e. The molecule has 0 bridgehead atoms. The van der Waals surface area contributed by atoms with Gasteiger partial charge in [-0.05, 0) is 43.3 Å². The standard InChI is InChI=1S/C22H30N6O2/c1-2-3-11-30-22-25-20(23)19-21(26-22)28(15-18(29)24-19)14-17-8-6-7-16(12-17)13-27-9-4-5-10-27/h6-8,12H,2-5,9-11,13-15H2,1H3,(H,24,29)(H2,23,25,26)/i4D2,5D2,9D2,10D2. The molecule has 0 saturated carbocycles. The van der Waals surface area contributed by atoms with Crippen molar-refractivity contribution in [3.05, 3.63) is 35.4 Å². The highest BCUT2D eigenvalue weighted by atomic mass is 16.5. The number of nitrogens with zero attached hydrogens (tertiary/aromatic N) is 4. The number of rotatable bonds is 8. The molecule has 0 unspecified atom stereocenters. The van der Waals surface area contributed by atoms with Crippen molar-refractivity contribution in [1.82, 2.24) is 14.9 Å².